The first-order valence-corrected chi connectivity index (χ1v) is 7.09. The number of amides is 2. The lowest BCUT2D eigenvalue weighted by molar-refractivity contribution is -0.121. The predicted octanol–water partition coefficient (Wildman–Crippen LogP) is 1.30. The third-order valence-electron chi connectivity index (χ3n) is 2.76. The van der Waals surface area contributed by atoms with Crippen molar-refractivity contribution < 1.29 is 18.7 Å². The number of para-hydroxylation sites is 1. The van der Waals surface area contributed by atoms with Gasteiger partial charge in [-0.15, -0.1) is 0 Å². The van der Waals surface area contributed by atoms with Gasteiger partial charge in [0.05, 0.1) is 11.8 Å². The summed E-state index contributed by atoms with van der Waals surface area (Å²) in [6.07, 6.45) is 1.41. The van der Waals surface area contributed by atoms with Crippen LogP contribution in [0.5, 0.6) is 5.75 Å². The summed E-state index contributed by atoms with van der Waals surface area (Å²) in [5.41, 5.74) is 5.16. The Morgan fingerprint density at radius 3 is 2.57 bits per heavy atom. The molecule has 0 radical (unpaired) electrons. The van der Waals surface area contributed by atoms with Crippen molar-refractivity contribution in [3.8, 4) is 5.75 Å². The molecule has 0 spiro atoms. The highest BCUT2D eigenvalue weighted by atomic mass is 32.1. The minimum Gasteiger partial charge on any atom is -0.484 e. The number of thiocarbonyl (C=S) groups is 1. The van der Waals surface area contributed by atoms with Crippen LogP contribution in [0.2, 0.25) is 0 Å². The Bertz CT molecular complexity index is 700. The van der Waals surface area contributed by atoms with E-state index < -0.39 is 11.8 Å². The molecule has 2 aromatic rings. The van der Waals surface area contributed by atoms with Crippen molar-refractivity contribution in [2.24, 2.45) is 0 Å². The van der Waals surface area contributed by atoms with Crippen molar-refractivity contribution in [2.45, 2.75) is 6.92 Å². The Morgan fingerprint density at radius 2 is 1.91 bits per heavy atom. The van der Waals surface area contributed by atoms with Gasteiger partial charge in [-0.1, -0.05) is 18.2 Å². The molecule has 0 saturated carbocycles. The van der Waals surface area contributed by atoms with Gasteiger partial charge in [-0.05, 0) is 37.3 Å². The van der Waals surface area contributed by atoms with Crippen molar-refractivity contribution in [2.75, 3.05) is 6.61 Å². The fraction of sp³-hybridized carbons (Fsp3) is 0.133. The Labute approximate surface area is 138 Å². The van der Waals surface area contributed by atoms with Crippen LogP contribution in [0, 0.1) is 6.92 Å². The second-order valence-corrected chi connectivity index (χ2v) is 4.86. The SMILES string of the molecule is Cc1occc1C(=O)NNC(=S)NC(=O)COc1ccccc1. The summed E-state index contributed by atoms with van der Waals surface area (Å²) in [5, 5.41) is 2.34. The molecule has 0 fully saturated rings. The van der Waals surface area contributed by atoms with Crippen LogP contribution in [0.15, 0.2) is 47.1 Å². The van der Waals surface area contributed by atoms with Gasteiger partial charge in [0.15, 0.2) is 11.7 Å². The minimum atomic E-state index is -0.444. The first kappa shape index (κ1) is 16.5. The molecule has 0 aliphatic carbocycles. The second kappa shape index (κ2) is 7.95. The monoisotopic (exact) mass is 333 g/mol. The Balaban J connectivity index is 1.71. The van der Waals surface area contributed by atoms with Gasteiger partial charge in [0.2, 0.25) is 0 Å². The van der Waals surface area contributed by atoms with E-state index in [2.05, 4.69) is 16.2 Å². The number of aryl methyl sites for hydroxylation is 1. The van der Waals surface area contributed by atoms with Gasteiger partial charge in [0.25, 0.3) is 11.8 Å². The first-order chi connectivity index (χ1) is 11.1. The van der Waals surface area contributed by atoms with Gasteiger partial charge in [0, 0.05) is 0 Å². The van der Waals surface area contributed by atoms with Crippen LogP contribution in [-0.4, -0.2) is 23.5 Å². The van der Waals surface area contributed by atoms with Crippen LogP contribution in [0.25, 0.3) is 0 Å². The number of hydrogen-bond donors (Lipinski definition) is 3. The molecule has 1 heterocycles. The number of carbonyl (C=O) groups excluding carboxylic acids is 2. The van der Waals surface area contributed by atoms with Crippen molar-refractivity contribution >= 4 is 29.1 Å². The Kier molecular flexibility index (Phi) is 5.70. The number of ether oxygens (including phenoxy) is 1. The summed E-state index contributed by atoms with van der Waals surface area (Å²) < 4.78 is 10.3. The average molecular weight is 333 g/mol. The molecular weight excluding hydrogens is 318 g/mol. The van der Waals surface area contributed by atoms with Gasteiger partial charge in [0.1, 0.15) is 11.5 Å². The van der Waals surface area contributed by atoms with Gasteiger partial charge < -0.3 is 9.15 Å². The van der Waals surface area contributed by atoms with Crippen molar-refractivity contribution in [3.63, 3.8) is 0 Å². The lowest BCUT2D eigenvalue weighted by Gasteiger charge is -2.11. The van der Waals surface area contributed by atoms with Gasteiger partial charge in [-0.25, -0.2) is 0 Å². The van der Waals surface area contributed by atoms with E-state index in [1.807, 2.05) is 6.07 Å². The van der Waals surface area contributed by atoms with Crippen LogP contribution in [0.3, 0.4) is 0 Å². The lowest BCUT2D eigenvalue weighted by atomic mass is 10.2. The molecule has 2 rings (SSSR count). The molecule has 3 N–H and O–H groups in total. The molecule has 1 aromatic heterocycles. The quantitative estimate of drug-likeness (QED) is 0.577. The van der Waals surface area contributed by atoms with Crippen LogP contribution >= 0.6 is 12.2 Å². The predicted molar refractivity (Wildman–Crippen MR) is 86.7 cm³/mol. The smallest absolute Gasteiger partial charge is 0.273 e. The maximum atomic E-state index is 11.8. The fourth-order valence-corrected chi connectivity index (χ4v) is 1.83. The zero-order valence-corrected chi connectivity index (χ0v) is 13.1. The summed E-state index contributed by atoms with van der Waals surface area (Å²) in [4.78, 5) is 23.5. The third kappa shape index (κ3) is 5.11. The Morgan fingerprint density at radius 1 is 1.17 bits per heavy atom. The molecule has 0 aliphatic rings. The highest BCUT2D eigenvalue weighted by Gasteiger charge is 2.12. The van der Waals surface area contributed by atoms with E-state index in [9.17, 15) is 9.59 Å². The number of hydrogen-bond acceptors (Lipinski definition) is 5. The normalized spacial score (nSPS) is 9.78. The van der Waals surface area contributed by atoms with Crippen molar-refractivity contribution in [1.29, 1.82) is 0 Å². The zero-order chi connectivity index (χ0) is 16.7. The highest BCUT2D eigenvalue weighted by molar-refractivity contribution is 7.80. The van der Waals surface area contributed by atoms with E-state index in [1.54, 1.807) is 31.2 Å². The lowest BCUT2D eigenvalue weighted by Crippen LogP contribution is -2.49. The molecule has 0 aliphatic heterocycles. The molecule has 0 unspecified atom stereocenters. The van der Waals surface area contributed by atoms with Gasteiger partial charge >= 0.3 is 0 Å². The number of nitrogens with one attached hydrogen (secondary N) is 3. The van der Waals surface area contributed by atoms with Gasteiger partial charge in [-0.3, -0.25) is 25.8 Å². The molecule has 1 aromatic carbocycles. The van der Waals surface area contributed by atoms with Crippen molar-refractivity contribution in [3.05, 3.63) is 54.0 Å². The molecular formula is C15H15N3O4S. The van der Waals surface area contributed by atoms with Gasteiger partial charge in [-0.2, -0.15) is 0 Å². The molecule has 0 saturated heterocycles. The summed E-state index contributed by atoms with van der Waals surface area (Å²) in [6, 6.07) is 10.4. The van der Waals surface area contributed by atoms with E-state index in [0.29, 0.717) is 17.1 Å². The molecule has 0 atom stereocenters. The second-order valence-electron chi connectivity index (χ2n) is 4.45. The maximum absolute atomic E-state index is 11.8. The number of furan rings is 1. The summed E-state index contributed by atoms with van der Waals surface area (Å²) in [7, 11) is 0. The van der Waals surface area contributed by atoms with E-state index >= 15 is 0 Å². The van der Waals surface area contributed by atoms with E-state index in [-0.39, 0.29) is 11.7 Å². The topological polar surface area (TPSA) is 92.6 Å². The van der Waals surface area contributed by atoms with Crippen LogP contribution < -0.4 is 20.9 Å². The summed E-state index contributed by atoms with van der Waals surface area (Å²) in [5.74, 6) is 0.189. The fourth-order valence-electron chi connectivity index (χ4n) is 1.66. The highest BCUT2D eigenvalue weighted by Crippen LogP contribution is 2.08. The Hall–Kier alpha value is -2.87. The largest absolute Gasteiger partial charge is 0.484 e. The molecule has 23 heavy (non-hydrogen) atoms. The molecule has 120 valence electrons. The summed E-state index contributed by atoms with van der Waals surface area (Å²) >= 11 is 4.91. The van der Waals surface area contributed by atoms with Crippen LogP contribution in [-0.2, 0) is 4.79 Å². The number of hydrazine groups is 1. The molecule has 7 nitrogen and oxygen atoms in total. The van der Waals surface area contributed by atoms with E-state index in [0.717, 1.165) is 0 Å². The number of benzene rings is 1. The van der Waals surface area contributed by atoms with Crippen LogP contribution in [0.4, 0.5) is 0 Å². The zero-order valence-electron chi connectivity index (χ0n) is 12.3. The average Bonchev–Trinajstić information content (AvgIpc) is 2.98. The van der Waals surface area contributed by atoms with E-state index in [1.165, 1.54) is 12.3 Å². The van der Waals surface area contributed by atoms with E-state index in [4.69, 9.17) is 21.4 Å². The number of carbonyl (C=O) groups is 2. The molecule has 2 amide bonds. The van der Waals surface area contributed by atoms with Crippen LogP contribution in [0.1, 0.15) is 16.1 Å². The standard InChI is InChI=1S/C15H15N3O4S/c1-10-12(7-8-21-10)14(20)17-18-15(23)16-13(19)9-22-11-5-3-2-4-6-11/h2-8H,9H2,1H3,(H,17,20)(H2,16,18,19,23). The minimum absolute atomic E-state index is 0.0406. The molecule has 8 heteroatoms. The summed E-state index contributed by atoms with van der Waals surface area (Å²) in [6.45, 7) is 1.47. The molecule has 0 bridgehead atoms. The third-order valence-corrected chi connectivity index (χ3v) is 2.96. The number of rotatable bonds is 4. The van der Waals surface area contributed by atoms with Crippen molar-refractivity contribution in [1.82, 2.24) is 16.2 Å². The first-order valence-electron chi connectivity index (χ1n) is 6.68. The maximum Gasteiger partial charge on any atom is 0.273 e.